The molecule has 1 unspecified atom stereocenters. The smallest absolute Gasteiger partial charge is 0.227 e. The van der Waals surface area contributed by atoms with Crippen molar-refractivity contribution < 1.29 is 8.42 Å². The quantitative estimate of drug-likeness (QED) is 0.679. The van der Waals surface area contributed by atoms with Gasteiger partial charge in [0.2, 0.25) is 10.0 Å². The molecule has 1 rings (SSSR count). The molecular formula is C8H13N5O2S. The van der Waals surface area contributed by atoms with Crippen molar-refractivity contribution in [2.75, 3.05) is 6.54 Å². The third-order valence-electron chi connectivity index (χ3n) is 1.99. The second kappa shape index (κ2) is 5.58. The van der Waals surface area contributed by atoms with Crippen molar-refractivity contribution >= 4 is 10.0 Å². The minimum atomic E-state index is -3.51. The SMILES string of the molecule is CC(C#N)S(=O)(=O)NCCCn1ccnn1. The Bertz CT molecular complexity index is 447. The average Bonchev–Trinajstić information content (AvgIpc) is 2.76. The van der Waals surface area contributed by atoms with E-state index in [0.29, 0.717) is 13.0 Å². The van der Waals surface area contributed by atoms with E-state index in [1.54, 1.807) is 23.1 Å². The molecule has 16 heavy (non-hydrogen) atoms. The predicted molar refractivity (Wildman–Crippen MR) is 56.6 cm³/mol. The van der Waals surface area contributed by atoms with E-state index in [4.69, 9.17) is 5.26 Å². The fourth-order valence-electron chi connectivity index (χ4n) is 1.00. The number of nitrogens with zero attached hydrogens (tertiary/aromatic N) is 4. The lowest BCUT2D eigenvalue weighted by molar-refractivity contribution is 0.540. The Kier molecular flexibility index (Phi) is 4.39. The van der Waals surface area contributed by atoms with E-state index in [-0.39, 0.29) is 6.54 Å². The number of nitriles is 1. The standard InChI is InChI=1S/C8H13N5O2S/c1-8(7-9)16(14,15)11-3-2-5-13-6-4-10-12-13/h4,6,8,11H,2-3,5H2,1H3. The molecule has 8 heteroatoms. The number of aromatic nitrogens is 3. The van der Waals surface area contributed by atoms with Gasteiger partial charge in [-0.2, -0.15) is 5.26 Å². The van der Waals surface area contributed by atoms with Gasteiger partial charge in [0.15, 0.2) is 5.25 Å². The van der Waals surface area contributed by atoms with E-state index in [0.717, 1.165) is 0 Å². The first-order valence-corrected chi connectivity index (χ1v) is 6.33. The molecule has 0 bridgehead atoms. The molecule has 1 N–H and O–H groups in total. The van der Waals surface area contributed by atoms with Crippen LogP contribution in [0.15, 0.2) is 12.4 Å². The van der Waals surface area contributed by atoms with Crippen molar-refractivity contribution in [3.63, 3.8) is 0 Å². The molecule has 0 aliphatic carbocycles. The van der Waals surface area contributed by atoms with Gasteiger partial charge < -0.3 is 0 Å². The molecule has 88 valence electrons. The van der Waals surface area contributed by atoms with Crippen molar-refractivity contribution in [1.29, 1.82) is 5.26 Å². The molecule has 1 aromatic heterocycles. The zero-order chi connectivity index (χ0) is 12.0. The van der Waals surface area contributed by atoms with Crippen LogP contribution in [0.4, 0.5) is 0 Å². The van der Waals surface area contributed by atoms with Crippen LogP contribution in [0.3, 0.4) is 0 Å². The van der Waals surface area contributed by atoms with Gasteiger partial charge in [-0.25, -0.2) is 13.1 Å². The van der Waals surface area contributed by atoms with Gasteiger partial charge in [-0.3, -0.25) is 4.68 Å². The van der Waals surface area contributed by atoms with Crippen LogP contribution in [-0.4, -0.2) is 35.2 Å². The Hall–Kier alpha value is -1.46. The van der Waals surface area contributed by atoms with E-state index in [9.17, 15) is 8.42 Å². The van der Waals surface area contributed by atoms with Crippen LogP contribution in [0.25, 0.3) is 0 Å². The van der Waals surface area contributed by atoms with E-state index >= 15 is 0 Å². The van der Waals surface area contributed by atoms with E-state index in [2.05, 4.69) is 15.0 Å². The van der Waals surface area contributed by atoms with E-state index in [1.807, 2.05) is 0 Å². The number of aryl methyl sites for hydroxylation is 1. The first-order valence-electron chi connectivity index (χ1n) is 4.78. The summed E-state index contributed by atoms with van der Waals surface area (Å²) in [6.45, 7) is 2.22. The topological polar surface area (TPSA) is 101 Å². The number of sulfonamides is 1. The Labute approximate surface area is 94.1 Å². The molecule has 0 spiro atoms. The van der Waals surface area contributed by atoms with Crippen LogP contribution in [0.2, 0.25) is 0 Å². The molecule has 0 aliphatic heterocycles. The van der Waals surface area contributed by atoms with E-state index < -0.39 is 15.3 Å². The Morgan fingerprint density at radius 2 is 2.38 bits per heavy atom. The maximum atomic E-state index is 11.4. The van der Waals surface area contributed by atoms with Crippen molar-refractivity contribution in [1.82, 2.24) is 19.7 Å². The van der Waals surface area contributed by atoms with Crippen LogP contribution in [0.1, 0.15) is 13.3 Å². The van der Waals surface area contributed by atoms with Crippen molar-refractivity contribution in [2.45, 2.75) is 25.1 Å². The maximum absolute atomic E-state index is 11.4. The lowest BCUT2D eigenvalue weighted by atomic mass is 10.4. The Morgan fingerprint density at radius 1 is 1.62 bits per heavy atom. The van der Waals surface area contributed by atoms with Crippen LogP contribution in [-0.2, 0) is 16.6 Å². The van der Waals surface area contributed by atoms with Crippen LogP contribution < -0.4 is 4.72 Å². The molecule has 0 amide bonds. The summed E-state index contributed by atoms with van der Waals surface area (Å²) in [5.41, 5.74) is 0. The van der Waals surface area contributed by atoms with Gasteiger partial charge in [0.25, 0.3) is 0 Å². The zero-order valence-corrected chi connectivity index (χ0v) is 9.68. The van der Waals surface area contributed by atoms with Gasteiger partial charge in [0.1, 0.15) is 0 Å². The molecular weight excluding hydrogens is 230 g/mol. The minimum Gasteiger partial charge on any atom is -0.253 e. The van der Waals surface area contributed by atoms with Gasteiger partial charge in [-0.1, -0.05) is 5.21 Å². The number of hydrogen-bond acceptors (Lipinski definition) is 5. The summed E-state index contributed by atoms with van der Waals surface area (Å²) in [5, 5.41) is 14.8. The van der Waals surface area contributed by atoms with Crippen LogP contribution in [0.5, 0.6) is 0 Å². The normalized spacial score (nSPS) is 13.2. The highest BCUT2D eigenvalue weighted by molar-refractivity contribution is 7.90. The fraction of sp³-hybridized carbons (Fsp3) is 0.625. The average molecular weight is 243 g/mol. The van der Waals surface area contributed by atoms with Crippen LogP contribution >= 0.6 is 0 Å². The highest BCUT2D eigenvalue weighted by Crippen LogP contribution is 1.96. The van der Waals surface area contributed by atoms with Gasteiger partial charge in [0.05, 0.1) is 12.3 Å². The second-order valence-corrected chi connectivity index (χ2v) is 5.32. The fourth-order valence-corrected chi connectivity index (χ4v) is 1.82. The predicted octanol–water partition coefficient (Wildman–Crippen LogP) is -0.500. The first-order chi connectivity index (χ1) is 7.56. The molecule has 1 aromatic rings. The summed E-state index contributed by atoms with van der Waals surface area (Å²) in [5.74, 6) is 0. The summed E-state index contributed by atoms with van der Waals surface area (Å²) < 4.78 is 26.7. The second-order valence-electron chi connectivity index (χ2n) is 3.23. The molecule has 0 aromatic carbocycles. The molecule has 7 nitrogen and oxygen atoms in total. The van der Waals surface area contributed by atoms with Gasteiger partial charge in [-0.15, -0.1) is 5.10 Å². The lowest BCUT2D eigenvalue weighted by Crippen LogP contribution is -2.32. The van der Waals surface area contributed by atoms with Crippen LogP contribution in [0, 0.1) is 11.3 Å². The monoisotopic (exact) mass is 243 g/mol. The zero-order valence-electron chi connectivity index (χ0n) is 8.87. The first kappa shape index (κ1) is 12.6. The maximum Gasteiger partial charge on any atom is 0.227 e. The van der Waals surface area contributed by atoms with Crippen molar-refractivity contribution in [3.8, 4) is 6.07 Å². The van der Waals surface area contributed by atoms with Gasteiger partial charge in [-0.05, 0) is 13.3 Å². The number of nitrogens with one attached hydrogen (secondary N) is 1. The van der Waals surface area contributed by atoms with Gasteiger partial charge in [0, 0.05) is 19.3 Å². The summed E-state index contributed by atoms with van der Waals surface area (Å²) in [6.07, 6.45) is 3.86. The molecule has 0 radical (unpaired) electrons. The highest BCUT2D eigenvalue weighted by atomic mass is 32.2. The largest absolute Gasteiger partial charge is 0.253 e. The molecule has 1 atom stereocenters. The Balaban J connectivity index is 2.29. The summed E-state index contributed by atoms with van der Waals surface area (Å²) in [6, 6.07) is 1.68. The third kappa shape index (κ3) is 3.60. The number of rotatable bonds is 6. The summed E-state index contributed by atoms with van der Waals surface area (Å²) >= 11 is 0. The minimum absolute atomic E-state index is 0.286. The van der Waals surface area contributed by atoms with Gasteiger partial charge >= 0.3 is 0 Å². The molecule has 0 saturated carbocycles. The molecule has 0 aliphatic rings. The van der Waals surface area contributed by atoms with E-state index in [1.165, 1.54) is 6.92 Å². The third-order valence-corrected chi connectivity index (χ3v) is 3.63. The highest BCUT2D eigenvalue weighted by Gasteiger charge is 2.18. The Morgan fingerprint density at radius 3 is 2.94 bits per heavy atom. The summed E-state index contributed by atoms with van der Waals surface area (Å²) in [4.78, 5) is 0. The lowest BCUT2D eigenvalue weighted by Gasteiger charge is -2.07. The molecule has 1 heterocycles. The molecule has 0 fully saturated rings. The summed E-state index contributed by atoms with van der Waals surface area (Å²) in [7, 11) is -3.51. The number of hydrogen-bond donors (Lipinski definition) is 1. The molecule has 0 saturated heterocycles. The van der Waals surface area contributed by atoms with Crippen molar-refractivity contribution in [2.24, 2.45) is 0 Å². The van der Waals surface area contributed by atoms with Crippen molar-refractivity contribution in [3.05, 3.63) is 12.4 Å².